The Labute approximate surface area is 475 Å². The van der Waals surface area contributed by atoms with Gasteiger partial charge in [0.25, 0.3) is 0 Å². The fourth-order valence-corrected chi connectivity index (χ4v) is 10.3. The van der Waals surface area contributed by atoms with Crippen molar-refractivity contribution in [3.05, 3.63) is 114 Å². The van der Waals surface area contributed by atoms with Crippen LogP contribution >= 0.6 is 38.6 Å². The van der Waals surface area contributed by atoms with Crippen molar-refractivity contribution in [2.24, 2.45) is 0 Å². The summed E-state index contributed by atoms with van der Waals surface area (Å²) >= 11 is 6.01. The molecule has 422 valence electrons. The molecule has 11 heterocycles. The van der Waals surface area contributed by atoms with Crippen LogP contribution in [0.25, 0.3) is 11.3 Å². The average Bonchev–Trinajstić information content (AvgIpc) is 4.46. The summed E-state index contributed by atoms with van der Waals surface area (Å²) in [6.07, 6.45) is 7.66. The quantitative estimate of drug-likeness (QED) is 0.0909. The fraction of sp³-hybridized carbons (Fsp3) is 0.423. The maximum Gasteiger partial charge on any atom is 0.496 e. The molecular formula is C52H56BClF6N14O4S2. The summed E-state index contributed by atoms with van der Waals surface area (Å²) < 4.78 is 92.7. The predicted octanol–water partition coefficient (Wildman–Crippen LogP) is 10.1. The van der Waals surface area contributed by atoms with Crippen LogP contribution in [0.5, 0.6) is 0 Å². The number of hydrogen-bond acceptors (Lipinski definition) is 14. The van der Waals surface area contributed by atoms with Gasteiger partial charge in [0.05, 0.1) is 75.3 Å². The summed E-state index contributed by atoms with van der Waals surface area (Å²) in [5.74, 6) is 1.53. The average molecular weight is 1170 g/mol. The summed E-state index contributed by atoms with van der Waals surface area (Å²) in [5, 5.41) is 5.88. The van der Waals surface area contributed by atoms with E-state index in [0.717, 1.165) is 81.7 Å². The van der Waals surface area contributed by atoms with Crippen molar-refractivity contribution in [2.75, 3.05) is 56.4 Å². The molecule has 28 heteroatoms. The number of fused-ring (bicyclic) bond motifs is 8. The lowest BCUT2D eigenvalue weighted by Crippen LogP contribution is -2.48. The number of halogens is 7. The minimum Gasteiger partial charge on any atom is -0.399 e. The van der Waals surface area contributed by atoms with Crippen molar-refractivity contribution < 1.29 is 45.2 Å². The van der Waals surface area contributed by atoms with Crippen LogP contribution in [0, 0.1) is 0 Å². The van der Waals surface area contributed by atoms with Crippen LogP contribution in [-0.4, -0.2) is 109 Å². The number of urea groups is 2. The molecule has 0 aromatic carbocycles. The van der Waals surface area contributed by atoms with Gasteiger partial charge in [-0.25, -0.2) is 29.5 Å². The van der Waals surface area contributed by atoms with Gasteiger partial charge in [0.15, 0.2) is 23.3 Å². The Kier molecular flexibility index (Phi) is 16.3. The largest absolute Gasteiger partial charge is 0.496 e. The second-order valence-electron chi connectivity index (χ2n) is 21.1. The first kappa shape index (κ1) is 58.1. The van der Waals surface area contributed by atoms with E-state index in [-0.39, 0.29) is 73.9 Å². The Bertz CT molecular complexity index is 3250. The number of anilines is 6. The maximum atomic E-state index is 13.8. The van der Waals surface area contributed by atoms with E-state index in [1.165, 1.54) is 43.4 Å². The fourth-order valence-electron chi connectivity index (χ4n) is 10.2. The second-order valence-corrected chi connectivity index (χ2v) is 21.5. The molecular weight excluding hydrogens is 1110 g/mol. The Morgan fingerprint density at radius 1 is 0.625 bits per heavy atom. The highest BCUT2D eigenvalue weighted by molar-refractivity contribution is 7.59. The first-order chi connectivity index (χ1) is 37.1. The van der Waals surface area contributed by atoms with Crippen molar-refractivity contribution in [3.63, 3.8) is 0 Å². The predicted molar refractivity (Wildman–Crippen MR) is 300 cm³/mol. The van der Waals surface area contributed by atoms with Gasteiger partial charge in [-0.15, -0.1) is 0 Å². The molecule has 0 radical (unpaired) electrons. The number of pyridine rings is 4. The lowest BCUT2D eigenvalue weighted by molar-refractivity contribution is -0.139. The number of amides is 4. The van der Waals surface area contributed by atoms with Crippen LogP contribution in [0.1, 0.15) is 101 Å². The smallest absolute Gasteiger partial charge is 0.399 e. The molecule has 2 atom stereocenters. The summed E-state index contributed by atoms with van der Waals surface area (Å²) in [7, 11) is -0.827. The Hall–Kier alpha value is -6.55. The highest BCUT2D eigenvalue weighted by Crippen LogP contribution is 2.48. The molecule has 3 saturated heterocycles. The van der Waals surface area contributed by atoms with E-state index >= 15 is 0 Å². The highest BCUT2D eigenvalue weighted by Gasteiger charge is 2.53. The Morgan fingerprint density at radius 2 is 1.10 bits per heavy atom. The molecule has 2 aliphatic carbocycles. The number of aromatic nitrogens is 8. The van der Waals surface area contributed by atoms with Gasteiger partial charge in [-0.3, -0.25) is 40.4 Å². The van der Waals surface area contributed by atoms with E-state index in [2.05, 4.69) is 60.3 Å². The van der Waals surface area contributed by atoms with Gasteiger partial charge in [0.1, 0.15) is 5.15 Å². The van der Waals surface area contributed by atoms with E-state index in [0.29, 0.717) is 46.1 Å². The van der Waals surface area contributed by atoms with Gasteiger partial charge in [0.2, 0.25) is 0 Å². The molecule has 4 amide bonds. The topological polar surface area (TPSA) is 193 Å². The molecule has 6 aromatic heterocycles. The van der Waals surface area contributed by atoms with Crippen LogP contribution in [0.3, 0.4) is 0 Å². The van der Waals surface area contributed by atoms with E-state index in [1.54, 1.807) is 28.1 Å². The number of carbonyl (C=O) groups is 2. The normalized spacial score (nSPS) is 20.0. The van der Waals surface area contributed by atoms with Crippen molar-refractivity contribution in [2.45, 2.75) is 114 Å². The van der Waals surface area contributed by atoms with Gasteiger partial charge in [-0.1, -0.05) is 11.6 Å². The lowest BCUT2D eigenvalue weighted by atomic mass is 9.79. The minimum absolute atomic E-state index is 0. The number of carbonyl (C=O) groups excluding carboxylic acids is 2. The highest BCUT2D eigenvalue weighted by atomic mass is 35.5. The van der Waals surface area contributed by atoms with E-state index in [4.69, 9.17) is 20.9 Å². The summed E-state index contributed by atoms with van der Waals surface area (Å²) in [4.78, 5) is 66.8. The summed E-state index contributed by atoms with van der Waals surface area (Å²) in [5.41, 5.74) is 0.302. The number of hydrogen-bond donors (Lipinski definition) is 2. The SMILES string of the molecule is CC1(C)OB(c2cnc(C3CC3)c(C(F)(F)F)c2)OC1(C)C.O=C(Nc1cnccn1)N1c2nc(-c3cnc(C4CC4)c(C(F)(F)F)c3)ccc2N2CC[C@H]1C2.O=C(Nc1cnccn1)N1c2nc(Cl)ccc2N2CC[C@H]1C2.S.S. The first-order valence-electron chi connectivity index (χ1n) is 25.5. The van der Waals surface area contributed by atoms with E-state index in [9.17, 15) is 35.9 Å². The molecule has 0 spiro atoms. The Morgan fingerprint density at radius 3 is 1.57 bits per heavy atom. The molecule has 2 N–H and O–H groups in total. The number of rotatable bonds is 6. The number of nitrogens with one attached hydrogen (secondary N) is 2. The first-order valence-corrected chi connectivity index (χ1v) is 25.9. The van der Waals surface area contributed by atoms with E-state index < -0.39 is 47.8 Å². The molecule has 80 heavy (non-hydrogen) atoms. The van der Waals surface area contributed by atoms with Crippen molar-refractivity contribution in [3.8, 4) is 11.3 Å². The van der Waals surface area contributed by atoms with Gasteiger partial charge in [-0.05, 0) is 103 Å². The van der Waals surface area contributed by atoms with Crippen molar-refractivity contribution in [1.82, 2.24) is 39.9 Å². The van der Waals surface area contributed by atoms with Gasteiger partial charge >= 0.3 is 31.5 Å². The Balaban J connectivity index is 0.000000149. The standard InChI is InChI=1S/C23H20F3N7O.C15H19BF3NO2.C14H13ClN6O.2H2S/c24-23(25,26)16-9-14(10-29-20(16)13-1-2-13)17-3-4-18-21(30-17)33(15-5-8-32(18)12-15)22(34)31-19-11-27-6-7-28-19;1-13(2)14(3,4)22-16(21-13)10-7-11(15(17,18)19)12(20-8-10)9-5-6-9;15-11-2-1-10-13(18-11)21(9-3-6-20(10)8-9)14(22)19-12-7-16-4-5-17-12;;/h3-4,6-7,9-11,13,15H,1-2,5,8,12H2,(H,28,31,34);7-9H,5-6H2,1-4H3;1-2,4-5,7,9H,3,6,8H2,(H,17,19,22);2*1H2/t15-;;9-;;/m0.0../s1. The number of nitrogens with zero attached hydrogens (tertiary/aromatic N) is 12. The van der Waals surface area contributed by atoms with Gasteiger partial charge in [-0.2, -0.15) is 53.3 Å². The molecule has 2 saturated carbocycles. The molecule has 0 unspecified atom stereocenters. The zero-order valence-electron chi connectivity index (χ0n) is 43.7. The van der Waals surface area contributed by atoms with Crippen LogP contribution < -0.4 is 35.7 Å². The zero-order valence-corrected chi connectivity index (χ0v) is 46.4. The molecule has 6 aromatic rings. The number of alkyl halides is 6. The second kappa shape index (κ2) is 22.4. The summed E-state index contributed by atoms with van der Waals surface area (Å²) in [6.45, 7) is 10.6. The molecule has 5 aliphatic heterocycles. The van der Waals surface area contributed by atoms with Crippen molar-refractivity contribution >= 4 is 97.9 Å². The summed E-state index contributed by atoms with van der Waals surface area (Å²) in [6, 6.07) is 8.72. The minimum atomic E-state index is -4.50. The third-order valence-corrected chi connectivity index (χ3v) is 15.3. The van der Waals surface area contributed by atoms with Crippen LogP contribution in [0.15, 0.2) is 86.0 Å². The maximum absolute atomic E-state index is 13.8. The third kappa shape index (κ3) is 11.9. The molecule has 5 fully saturated rings. The zero-order chi connectivity index (χ0) is 54.9. The van der Waals surface area contributed by atoms with Crippen LogP contribution in [-0.2, 0) is 21.7 Å². The molecule has 18 nitrogen and oxygen atoms in total. The van der Waals surface area contributed by atoms with Crippen LogP contribution in [0.4, 0.5) is 70.6 Å². The lowest BCUT2D eigenvalue weighted by Gasteiger charge is -2.35. The van der Waals surface area contributed by atoms with E-state index in [1.807, 2.05) is 39.8 Å². The molecule has 4 bridgehead atoms. The van der Waals surface area contributed by atoms with Crippen LogP contribution in [0.2, 0.25) is 5.15 Å². The molecule has 13 rings (SSSR count). The third-order valence-electron chi connectivity index (χ3n) is 15.1. The molecule has 7 aliphatic rings. The monoisotopic (exact) mass is 1160 g/mol. The van der Waals surface area contributed by atoms with Crippen molar-refractivity contribution in [1.29, 1.82) is 0 Å². The van der Waals surface area contributed by atoms with Gasteiger partial charge in [0, 0.05) is 86.2 Å². The van der Waals surface area contributed by atoms with Gasteiger partial charge < -0.3 is 19.1 Å².